The molecule has 0 bridgehead atoms. The Labute approximate surface area is 100 Å². The third-order valence-electron chi connectivity index (χ3n) is 3.52. The van der Waals surface area contributed by atoms with E-state index in [0.717, 1.165) is 17.9 Å². The summed E-state index contributed by atoms with van der Waals surface area (Å²) in [6.45, 7) is 3.09. The number of carbonyl (C=O) groups is 1. The predicted octanol–water partition coefficient (Wildman–Crippen LogP) is 2.17. The monoisotopic (exact) mass is 232 g/mol. The molecule has 0 amide bonds. The predicted molar refractivity (Wildman–Crippen MR) is 66.9 cm³/mol. The average Bonchev–Trinajstić information content (AvgIpc) is 3.12. The second-order valence-corrected chi connectivity index (χ2v) is 4.91. The van der Waals surface area contributed by atoms with Gasteiger partial charge >= 0.3 is 5.97 Å². The molecule has 3 rings (SSSR count). The molecule has 17 heavy (non-hydrogen) atoms. The maximum absolute atomic E-state index is 10.9. The number of aromatic carboxylic acids is 1. The summed E-state index contributed by atoms with van der Waals surface area (Å²) in [5.74, 6) is -0.869. The van der Waals surface area contributed by atoms with Gasteiger partial charge in [0.1, 0.15) is 0 Å². The van der Waals surface area contributed by atoms with Crippen LogP contribution in [0.15, 0.2) is 18.2 Å². The largest absolute Gasteiger partial charge is 0.478 e. The lowest BCUT2D eigenvalue weighted by atomic mass is 10.1. The van der Waals surface area contributed by atoms with Crippen molar-refractivity contribution in [1.29, 1.82) is 0 Å². The van der Waals surface area contributed by atoms with Crippen LogP contribution in [0.5, 0.6) is 0 Å². The first-order chi connectivity index (χ1) is 8.16. The van der Waals surface area contributed by atoms with Gasteiger partial charge in [-0.3, -0.25) is 0 Å². The molecule has 90 valence electrons. The van der Waals surface area contributed by atoms with E-state index in [0.29, 0.717) is 17.6 Å². The Kier molecular flexibility index (Phi) is 2.24. The van der Waals surface area contributed by atoms with Gasteiger partial charge in [-0.05, 0) is 38.0 Å². The molecule has 2 N–H and O–H groups in total. The summed E-state index contributed by atoms with van der Waals surface area (Å²) in [6.07, 6.45) is 2.51. The summed E-state index contributed by atoms with van der Waals surface area (Å²) < 4.78 is 0. The highest BCUT2D eigenvalue weighted by Gasteiger charge is 2.35. The van der Waals surface area contributed by atoms with Crippen LogP contribution < -0.4 is 10.2 Å². The number of carboxylic acid groups (broad SMARTS) is 1. The summed E-state index contributed by atoms with van der Waals surface area (Å²) in [5.41, 5.74) is 2.45. The van der Waals surface area contributed by atoms with Crippen molar-refractivity contribution in [2.45, 2.75) is 31.8 Å². The van der Waals surface area contributed by atoms with Crippen molar-refractivity contribution in [3.8, 4) is 0 Å². The first-order valence-corrected chi connectivity index (χ1v) is 6.06. The molecule has 0 aromatic heterocycles. The van der Waals surface area contributed by atoms with Crippen LogP contribution in [0.4, 0.5) is 11.4 Å². The maximum atomic E-state index is 10.9. The van der Waals surface area contributed by atoms with Crippen LogP contribution in [0.25, 0.3) is 0 Å². The van der Waals surface area contributed by atoms with E-state index < -0.39 is 5.97 Å². The molecule has 1 atom stereocenters. The maximum Gasteiger partial charge on any atom is 0.335 e. The van der Waals surface area contributed by atoms with Gasteiger partial charge in [0.05, 0.1) is 16.9 Å². The lowest BCUT2D eigenvalue weighted by Gasteiger charge is -2.38. The van der Waals surface area contributed by atoms with Crippen LogP contribution in [0.2, 0.25) is 0 Å². The molecule has 0 saturated heterocycles. The molecular weight excluding hydrogens is 216 g/mol. The highest BCUT2D eigenvalue weighted by atomic mass is 16.4. The van der Waals surface area contributed by atoms with Gasteiger partial charge in [0, 0.05) is 18.6 Å². The van der Waals surface area contributed by atoms with Crippen LogP contribution in [0.3, 0.4) is 0 Å². The Hall–Kier alpha value is -1.71. The lowest BCUT2D eigenvalue weighted by molar-refractivity contribution is 0.0697. The van der Waals surface area contributed by atoms with Crippen LogP contribution >= 0.6 is 0 Å². The van der Waals surface area contributed by atoms with Crippen molar-refractivity contribution in [3.63, 3.8) is 0 Å². The number of fused-ring (bicyclic) bond motifs is 1. The summed E-state index contributed by atoms with van der Waals surface area (Å²) in [4.78, 5) is 13.4. The van der Waals surface area contributed by atoms with E-state index in [4.69, 9.17) is 5.11 Å². The molecule has 1 fully saturated rings. The van der Waals surface area contributed by atoms with Gasteiger partial charge in [0.15, 0.2) is 0 Å². The van der Waals surface area contributed by atoms with Gasteiger partial charge in [-0.15, -0.1) is 0 Å². The standard InChI is InChI=1S/C13H16N2O2/c1-8-7-14-11-6-9(13(16)17)2-5-12(11)15(8)10-3-4-10/h2,5-6,8,10,14H,3-4,7H2,1H3,(H,16,17). The van der Waals surface area contributed by atoms with Crippen molar-refractivity contribution in [1.82, 2.24) is 0 Å². The SMILES string of the molecule is CC1CNc2cc(C(=O)O)ccc2N1C1CC1. The number of nitrogens with zero attached hydrogens (tertiary/aromatic N) is 1. The highest BCUT2D eigenvalue weighted by molar-refractivity contribution is 5.91. The smallest absolute Gasteiger partial charge is 0.335 e. The Morgan fingerprint density at radius 3 is 2.88 bits per heavy atom. The van der Waals surface area contributed by atoms with Crippen LogP contribution in [0, 0.1) is 0 Å². The van der Waals surface area contributed by atoms with Crippen molar-refractivity contribution in [2.24, 2.45) is 0 Å². The number of anilines is 2. The number of rotatable bonds is 2. The van der Waals surface area contributed by atoms with Gasteiger partial charge in [-0.2, -0.15) is 0 Å². The first-order valence-electron chi connectivity index (χ1n) is 6.06. The third kappa shape index (κ3) is 1.73. The lowest BCUT2D eigenvalue weighted by Crippen LogP contribution is -2.43. The van der Waals surface area contributed by atoms with E-state index in [-0.39, 0.29) is 0 Å². The van der Waals surface area contributed by atoms with Gasteiger partial charge in [0.25, 0.3) is 0 Å². The van der Waals surface area contributed by atoms with E-state index in [9.17, 15) is 4.79 Å². The zero-order valence-corrected chi connectivity index (χ0v) is 9.81. The number of hydrogen-bond donors (Lipinski definition) is 2. The molecule has 4 heteroatoms. The van der Waals surface area contributed by atoms with Gasteiger partial charge in [0.2, 0.25) is 0 Å². The molecule has 0 spiro atoms. The zero-order chi connectivity index (χ0) is 12.0. The van der Waals surface area contributed by atoms with E-state index >= 15 is 0 Å². The van der Waals surface area contributed by atoms with Crippen molar-refractivity contribution in [2.75, 3.05) is 16.8 Å². The van der Waals surface area contributed by atoms with Crippen molar-refractivity contribution < 1.29 is 9.90 Å². The molecule has 1 aromatic carbocycles. The molecule has 1 heterocycles. The highest BCUT2D eigenvalue weighted by Crippen LogP contribution is 2.40. The number of benzene rings is 1. The molecule has 2 aliphatic rings. The minimum atomic E-state index is -0.869. The number of hydrogen-bond acceptors (Lipinski definition) is 3. The minimum absolute atomic E-state index is 0.349. The van der Waals surface area contributed by atoms with Crippen molar-refractivity contribution in [3.05, 3.63) is 23.8 Å². The van der Waals surface area contributed by atoms with E-state index in [1.54, 1.807) is 12.1 Å². The summed E-state index contributed by atoms with van der Waals surface area (Å²) in [6, 6.07) is 6.49. The van der Waals surface area contributed by atoms with Gasteiger partial charge in [-0.25, -0.2) is 4.79 Å². The Balaban J connectivity index is 2.01. The molecule has 1 unspecified atom stereocenters. The molecule has 0 radical (unpaired) electrons. The first kappa shape index (κ1) is 10.4. The fourth-order valence-corrected chi connectivity index (χ4v) is 2.54. The Bertz CT molecular complexity index is 468. The van der Waals surface area contributed by atoms with Crippen molar-refractivity contribution >= 4 is 17.3 Å². The zero-order valence-electron chi connectivity index (χ0n) is 9.81. The van der Waals surface area contributed by atoms with Crippen LogP contribution in [0.1, 0.15) is 30.1 Å². The summed E-state index contributed by atoms with van der Waals surface area (Å²) in [7, 11) is 0. The molecule has 1 aliphatic carbocycles. The fourth-order valence-electron chi connectivity index (χ4n) is 2.54. The van der Waals surface area contributed by atoms with E-state index in [1.165, 1.54) is 12.8 Å². The normalized spacial score (nSPS) is 22.9. The number of nitrogens with one attached hydrogen (secondary N) is 1. The van der Waals surface area contributed by atoms with Gasteiger partial charge in [-0.1, -0.05) is 0 Å². The van der Waals surface area contributed by atoms with Crippen LogP contribution in [-0.4, -0.2) is 29.7 Å². The Morgan fingerprint density at radius 2 is 2.24 bits per heavy atom. The fraction of sp³-hybridized carbons (Fsp3) is 0.462. The average molecular weight is 232 g/mol. The van der Waals surface area contributed by atoms with Crippen LogP contribution in [-0.2, 0) is 0 Å². The topological polar surface area (TPSA) is 52.6 Å². The second kappa shape index (κ2) is 3.65. The van der Waals surface area contributed by atoms with E-state index in [1.807, 2.05) is 6.07 Å². The molecule has 1 aromatic rings. The van der Waals surface area contributed by atoms with E-state index in [2.05, 4.69) is 17.1 Å². The van der Waals surface area contributed by atoms with Gasteiger partial charge < -0.3 is 15.3 Å². The molecule has 1 saturated carbocycles. The quantitative estimate of drug-likeness (QED) is 0.820. The molecule has 1 aliphatic heterocycles. The summed E-state index contributed by atoms with van der Waals surface area (Å²) in [5, 5.41) is 12.3. The minimum Gasteiger partial charge on any atom is -0.478 e. The molecule has 4 nitrogen and oxygen atoms in total. The molecular formula is C13H16N2O2. The second-order valence-electron chi connectivity index (χ2n) is 4.91. The third-order valence-corrected chi connectivity index (χ3v) is 3.52. The summed E-state index contributed by atoms with van der Waals surface area (Å²) >= 11 is 0. The Morgan fingerprint density at radius 1 is 1.47 bits per heavy atom. The number of carboxylic acids is 1.